The molecular weight excluding hydrogens is 208 g/mol. The predicted molar refractivity (Wildman–Crippen MR) is 63.1 cm³/mol. The lowest BCUT2D eigenvalue weighted by Gasteiger charge is -2.11. The molecule has 1 N–H and O–H groups in total. The minimum atomic E-state index is 0.839. The van der Waals surface area contributed by atoms with Crippen molar-refractivity contribution in [2.45, 2.75) is 26.8 Å². The van der Waals surface area contributed by atoms with Crippen molar-refractivity contribution in [2.24, 2.45) is 5.92 Å². The Balaban J connectivity index is 1.87. The van der Waals surface area contributed by atoms with Gasteiger partial charge < -0.3 is 5.32 Å². The van der Waals surface area contributed by atoms with Gasteiger partial charge in [-0.05, 0) is 25.8 Å². The highest BCUT2D eigenvalue weighted by atomic mass is 32.1. The molecule has 0 amide bonds. The van der Waals surface area contributed by atoms with Crippen molar-refractivity contribution in [3.05, 3.63) is 5.01 Å². The molecule has 0 spiro atoms. The first kappa shape index (κ1) is 10.8. The molecule has 15 heavy (non-hydrogen) atoms. The van der Waals surface area contributed by atoms with Crippen LogP contribution in [0.5, 0.6) is 0 Å². The smallest absolute Gasteiger partial charge is 0.205 e. The van der Waals surface area contributed by atoms with E-state index in [0.717, 1.165) is 29.1 Å². The number of hydrogen-bond acceptors (Lipinski definition) is 5. The molecule has 1 unspecified atom stereocenters. The maximum absolute atomic E-state index is 4.19. The maximum atomic E-state index is 4.19. The molecule has 0 aliphatic carbocycles. The summed E-state index contributed by atoms with van der Waals surface area (Å²) in [5, 5.41) is 13.5. The van der Waals surface area contributed by atoms with E-state index in [2.05, 4.69) is 34.3 Å². The number of aromatic nitrogens is 2. The van der Waals surface area contributed by atoms with Crippen molar-refractivity contribution in [1.29, 1.82) is 0 Å². The van der Waals surface area contributed by atoms with Crippen LogP contribution in [0.3, 0.4) is 0 Å². The number of nitrogens with zero attached hydrogens (tertiary/aromatic N) is 3. The highest BCUT2D eigenvalue weighted by Gasteiger charge is 2.19. The number of likely N-dealkylation sites (tertiary alicyclic amines) is 1. The topological polar surface area (TPSA) is 41.1 Å². The van der Waals surface area contributed by atoms with Gasteiger partial charge in [-0.3, -0.25) is 4.90 Å². The third kappa shape index (κ3) is 2.89. The van der Waals surface area contributed by atoms with E-state index in [9.17, 15) is 0 Å². The molecule has 1 fully saturated rings. The molecule has 0 aromatic carbocycles. The lowest BCUT2D eigenvalue weighted by atomic mass is 10.2. The molecule has 1 aromatic rings. The van der Waals surface area contributed by atoms with Gasteiger partial charge in [0.2, 0.25) is 5.13 Å². The number of hydrogen-bond donors (Lipinski definition) is 1. The lowest BCUT2D eigenvalue weighted by Crippen LogP contribution is -2.19. The normalized spacial score (nSPS) is 22.1. The molecule has 0 bridgehead atoms. The molecule has 0 radical (unpaired) electrons. The molecule has 84 valence electrons. The van der Waals surface area contributed by atoms with E-state index in [1.807, 2.05) is 0 Å². The Morgan fingerprint density at radius 3 is 3.07 bits per heavy atom. The van der Waals surface area contributed by atoms with Crippen LogP contribution in [0.1, 0.15) is 25.3 Å². The fourth-order valence-electron chi connectivity index (χ4n) is 1.90. The summed E-state index contributed by atoms with van der Waals surface area (Å²) in [6.45, 7) is 8.67. The minimum Gasteiger partial charge on any atom is -0.360 e. The second kappa shape index (κ2) is 4.90. The summed E-state index contributed by atoms with van der Waals surface area (Å²) in [6, 6.07) is 0. The Kier molecular flexibility index (Phi) is 3.53. The van der Waals surface area contributed by atoms with E-state index in [4.69, 9.17) is 0 Å². The third-order valence-corrected chi connectivity index (χ3v) is 3.53. The predicted octanol–water partition coefficient (Wildman–Crippen LogP) is 1.81. The van der Waals surface area contributed by atoms with Gasteiger partial charge in [-0.1, -0.05) is 18.3 Å². The molecule has 0 saturated carbocycles. The van der Waals surface area contributed by atoms with Gasteiger partial charge in [0.25, 0.3) is 0 Å². The quantitative estimate of drug-likeness (QED) is 0.850. The van der Waals surface area contributed by atoms with Gasteiger partial charge in [-0.15, -0.1) is 10.2 Å². The first-order valence-electron chi connectivity index (χ1n) is 5.56. The first-order chi connectivity index (χ1) is 7.28. The van der Waals surface area contributed by atoms with Crippen molar-refractivity contribution in [3.63, 3.8) is 0 Å². The molecule has 1 saturated heterocycles. The van der Waals surface area contributed by atoms with Crippen molar-refractivity contribution in [3.8, 4) is 0 Å². The number of rotatable bonds is 4. The summed E-state index contributed by atoms with van der Waals surface area (Å²) < 4.78 is 0. The Labute approximate surface area is 94.7 Å². The summed E-state index contributed by atoms with van der Waals surface area (Å²) in [4.78, 5) is 2.46. The molecular formula is C10H18N4S. The van der Waals surface area contributed by atoms with Crippen LogP contribution in [-0.2, 0) is 6.54 Å². The van der Waals surface area contributed by atoms with Crippen molar-refractivity contribution < 1.29 is 0 Å². The largest absolute Gasteiger partial charge is 0.360 e. The average molecular weight is 226 g/mol. The van der Waals surface area contributed by atoms with Gasteiger partial charge >= 0.3 is 0 Å². The zero-order chi connectivity index (χ0) is 10.7. The van der Waals surface area contributed by atoms with Crippen LogP contribution in [0.2, 0.25) is 0 Å². The fourth-order valence-corrected chi connectivity index (χ4v) is 2.75. The second-order valence-electron chi connectivity index (χ2n) is 4.16. The lowest BCUT2D eigenvalue weighted by molar-refractivity contribution is 0.319. The maximum Gasteiger partial charge on any atom is 0.205 e. The van der Waals surface area contributed by atoms with Gasteiger partial charge in [-0.2, -0.15) is 0 Å². The highest BCUT2D eigenvalue weighted by Crippen LogP contribution is 2.21. The Bertz CT molecular complexity index is 312. The molecule has 1 aliphatic heterocycles. The monoisotopic (exact) mass is 226 g/mol. The van der Waals surface area contributed by atoms with E-state index >= 15 is 0 Å². The number of nitrogens with one attached hydrogen (secondary N) is 1. The Morgan fingerprint density at radius 1 is 1.53 bits per heavy atom. The minimum absolute atomic E-state index is 0.839. The molecule has 4 nitrogen and oxygen atoms in total. The fraction of sp³-hybridized carbons (Fsp3) is 0.800. The second-order valence-corrected chi connectivity index (χ2v) is 5.22. The van der Waals surface area contributed by atoms with E-state index in [1.165, 1.54) is 19.5 Å². The van der Waals surface area contributed by atoms with Crippen LogP contribution < -0.4 is 5.32 Å². The Morgan fingerprint density at radius 2 is 2.40 bits per heavy atom. The van der Waals surface area contributed by atoms with Gasteiger partial charge in [0.1, 0.15) is 5.01 Å². The Hall–Kier alpha value is -0.680. The molecule has 5 heteroatoms. The highest BCUT2D eigenvalue weighted by molar-refractivity contribution is 7.15. The van der Waals surface area contributed by atoms with Gasteiger partial charge in [0.05, 0.1) is 6.54 Å². The average Bonchev–Trinajstić information content (AvgIpc) is 2.78. The van der Waals surface area contributed by atoms with Crippen LogP contribution in [-0.4, -0.2) is 34.7 Å². The molecule has 1 aromatic heterocycles. The summed E-state index contributed by atoms with van der Waals surface area (Å²) in [5.41, 5.74) is 0. The van der Waals surface area contributed by atoms with Crippen LogP contribution in [0.25, 0.3) is 0 Å². The van der Waals surface area contributed by atoms with E-state index in [-0.39, 0.29) is 0 Å². The van der Waals surface area contributed by atoms with Gasteiger partial charge in [-0.25, -0.2) is 0 Å². The number of anilines is 1. The van der Waals surface area contributed by atoms with E-state index < -0.39 is 0 Å². The zero-order valence-electron chi connectivity index (χ0n) is 9.36. The summed E-state index contributed by atoms with van der Waals surface area (Å²) in [7, 11) is 0. The summed E-state index contributed by atoms with van der Waals surface area (Å²) in [6.07, 6.45) is 1.32. The third-order valence-electron chi connectivity index (χ3n) is 2.66. The standard InChI is InChI=1S/C10H18N4S/c1-3-11-10-13-12-9(15-10)7-14-5-4-8(2)6-14/h8H,3-7H2,1-2H3,(H,11,13). The summed E-state index contributed by atoms with van der Waals surface area (Å²) in [5.74, 6) is 0.839. The van der Waals surface area contributed by atoms with Crippen LogP contribution in [0.4, 0.5) is 5.13 Å². The van der Waals surface area contributed by atoms with Crippen molar-refractivity contribution >= 4 is 16.5 Å². The van der Waals surface area contributed by atoms with Gasteiger partial charge in [0.15, 0.2) is 0 Å². The van der Waals surface area contributed by atoms with E-state index in [0.29, 0.717) is 0 Å². The first-order valence-corrected chi connectivity index (χ1v) is 6.38. The van der Waals surface area contributed by atoms with Gasteiger partial charge in [0, 0.05) is 13.1 Å². The van der Waals surface area contributed by atoms with Crippen LogP contribution in [0, 0.1) is 5.92 Å². The van der Waals surface area contributed by atoms with E-state index in [1.54, 1.807) is 11.3 Å². The van der Waals surface area contributed by atoms with Crippen molar-refractivity contribution in [1.82, 2.24) is 15.1 Å². The molecule has 1 atom stereocenters. The van der Waals surface area contributed by atoms with Crippen LogP contribution in [0.15, 0.2) is 0 Å². The van der Waals surface area contributed by atoms with Crippen molar-refractivity contribution in [2.75, 3.05) is 25.0 Å². The molecule has 1 aliphatic rings. The summed E-state index contributed by atoms with van der Waals surface area (Å²) >= 11 is 1.67. The van der Waals surface area contributed by atoms with Crippen LogP contribution >= 0.6 is 11.3 Å². The molecule has 2 heterocycles. The zero-order valence-corrected chi connectivity index (χ0v) is 10.2. The SMILES string of the molecule is CCNc1nnc(CN2CCC(C)C2)s1. The molecule has 2 rings (SSSR count).